The number of aliphatic hydroxyl groups is 1. The molecule has 0 bridgehead atoms. The van der Waals surface area contributed by atoms with Crippen LogP contribution in [0.2, 0.25) is 0 Å². The van der Waals surface area contributed by atoms with Gasteiger partial charge in [0.1, 0.15) is 18.7 Å². The van der Waals surface area contributed by atoms with Crippen molar-refractivity contribution in [3.8, 4) is 0 Å². The van der Waals surface area contributed by atoms with Crippen molar-refractivity contribution in [2.24, 2.45) is 0 Å². The Hall–Kier alpha value is -2.09. The maximum absolute atomic E-state index is 12.0. The lowest BCUT2D eigenvalue weighted by atomic mass is 10.2. The summed E-state index contributed by atoms with van der Waals surface area (Å²) in [5.74, 6) is -0.769. The second-order valence-corrected chi connectivity index (χ2v) is 4.21. The Balaban J connectivity index is 2.15. The molecule has 2 aromatic rings. The summed E-state index contributed by atoms with van der Waals surface area (Å²) in [6.07, 6.45) is -1.43. The van der Waals surface area contributed by atoms with Crippen molar-refractivity contribution in [1.82, 2.24) is 14.9 Å². The zero-order chi connectivity index (χ0) is 14.8. The van der Waals surface area contributed by atoms with E-state index < -0.39 is 18.6 Å². The minimum atomic E-state index is -4.44. The van der Waals surface area contributed by atoms with Gasteiger partial charge in [-0.2, -0.15) is 13.2 Å². The molecular formula is C12H12F3N3O2. The number of halogens is 3. The highest BCUT2D eigenvalue weighted by molar-refractivity contribution is 5.83. The number of hydrogen-bond donors (Lipinski definition) is 2. The number of hydrogen-bond acceptors (Lipinski definition) is 3. The Labute approximate surface area is 112 Å². The highest BCUT2D eigenvalue weighted by Crippen LogP contribution is 2.19. The van der Waals surface area contributed by atoms with Gasteiger partial charge < -0.3 is 15.0 Å². The fraction of sp³-hybridized carbons (Fsp3) is 0.333. The molecule has 2 aromatic heterocycles. The second-order valence-electron chi connectivity index (χ2n) is 4.21. The van der Waals surface area contributed by atoms with E-state index in [2.05, 4.69) is 4.98 Å². The molecule has 2 rings (SSSR count). The number of aromatic nitrogens is 2. The van der Waals surface area contributed by atoms with Crippen LogP contribution in [0.5, 0.6) is 0 Å². The maximum atomic E-state index is 12.0. The number of fused-ring (bicyclic) bond motifs is 1. The molecular weight excluding hydrogens is 275 g/mol. The number of alkyl halides is 3. The largest absolute Gasteiger partial charge is 0.405 e. The molecule has 5 nitrogen and oxygen atoms in total. The predicted octanol–water partition coefficient (Wildman–Crippen LogP) is 1.21. The number of nitrogens with one attached hydrogen (secondary N) is 1. The third-order valence-electron chi connectivity index (χ3n) is 2.69. The van der Waals surface area contributed by atoms with Gasteiger partial charge >= 0.3 is 6.18 Å². The van der Waals surface area contributed by atoms with Crippen LogP contribution in [0.25, 0.3) is 11.0 Å². The van der Waals surface area contributed by atoms with Crippen LogP contribution >= 0.6 is 0 Å². The summed E-state index contributed by atoms with van der Waals surface area (Å²) in [5.41, 5.74) is 1.01. The zero-order valence-electron chi connectivity index (χ0n) is 10.3. The van der Waals surface area contributed by atoms with Gasteiger partial charge in [-0.3, -0.25) is 4.79 Å². The van der Waals surface area contributed by atoms with Crippen LogP contribution in [-0.2, 0) is 17.9 Å². The average molecular weight is 287 g/mol. The standard InChI is InChI=1S/C12H12F3N3O2/c13-12(14,15)7-17-10(20)5-18-4-8(6-19)9-2-1-3-16-11(9)18/h1-4,19H,5-7H2,(H,17,20). The SMILES string of the molecule is O=C(Cn1cc(CO)c2cccnc21)NCC(F)(F)F. The molecule has 0 unspecified atom stereocenters. The lowest BCUT2D eigenvalue weighted by Crippen LogP contribution is -2.35. The summed E-state index contributed by atoms with van der Waals surface area (Å²) in [7, 11) is 0. The predicted molar refractivity (Wildman–Crippen MR) is 64.7 cm³/mol. The monoisotopic (exact) mass is 287 g/mol. The number of carbonyl (C=O) groups is 1. The van der Waals surface area contributed by atoms with Gasteiger partial charge in [-0.15, -0.1) is 0 Å². The molecule has 2 N–H and O–H groups in total. The van der Waals surface area contributed by atoms with E-state index in [0.29, 0.717) is 16.6 Å². The number of pyridine rings is 1. The molecule has 0 aliphatic carbocycles. The summed E-state index contributed by atoms with van der Waals surface area (Å²) < 4.78 is 37.4. The van der Waals surface area contributed by atoms with Crippen molar-refractivity contribution in [1.29, 1.82) is 0 Å². The Morgan fingerprint density at radius 2 is 2.20 bits per heavy atom. The molecule has 108 valence electrons. The smallest absolute Gasteiger partial charge is 0.392 e. The van der Waals surface area contributed by atoms with Crippen LogP contribution < -0.4 is 5.32 Å². The number of nitrogens with zero attached hydrogens (tertiary/aromatic N) is 2. The lowest BCUT2D eigenvalue weighted by molar-refractivity contribution is -0.138. The Kier molecular flexibility index (Phi) is 3.93. The third-order valence-corrected chi connectivity index (χ3v) is 2.69. The zero-order valence-corrected chi connectivity index (χ0v) is 10.3. The van der Waals surface area contributed by atoms with E-state index in [1.807, 2.05) is 0 Å². The second kappa shape index (κ2) is 5.49. The van der Waals surface area contributed by atoms with E-state index in [9.17, 15) is 23.1 Å². The molecule has 0 saturated heterocycles. The van der Waals surface area contributed by atoms with Crippen molar-refractivity contribution in [2.45, 2.75) is 19.3 Å². The number of aliphatic hydroxyl groups excluding tert-OH is 1. The van der Waals surface area contributed by atoms with Gasteiger partial charge in [0.05, 0.1) is 6.61 Å². The van der Waals surface area contributed by atoms with Crippen molar-refractivity contribution in [3.63, 3.8) is 0 Å². The van der Waals surface area contributed by atoms with Crippen LogP contribution in [0.15, 0.2) is 24.5 Å². The summed E-state index contributed by atoms with van der Waals surface area (Å²) >= 11 is 0. The molecule has 0 aromatic carbocycles. The fourth-order valence-electron chi connectivity index (χ4n) is 1.85. The molecule has 0 atom stereocenters. The average Bonchev–Trinajstić information content (AvgIpc) is 2.74. The van der Waals surface area contributed by atoms with Crippen LogP contribution in [0.4, 0.5) is 13.2 Å². The molecule has 0 radical (unpaired) electrons. The summed E-state index contributed by atoms with van der Waals surface area (Å²) in [6.45, 7) is -1.89. The Morgan fingerprint density at radius 3 is 2.85 bits per heavy atom. The first kappa shape index (κ1) is 14.3. The molecule has 8 heteroatoms. The van der Waals surface area contributed by atoms with E-state index >= 15 is 0 Å². The van der Waals surface area contributed by atoms with E-state index in [0.717, 1.165) is 0 Å². The van der Waals surface area contributed by atoms with E-state index in [1.165, 1.54) is 17.0 Å². The minimum Gasteiger partial charge on any atom is -0.392 e. The first-order chi connectivity index (χ1) is 9.40. The van der Waals surface area contributed by atoms with E-state index in [-0.39, 0.29) is 13.2 Å². The highest BCUT2D eigenvalue weighted by Gasteiger charge is 2.27. The van der Waals surface area contributed by atoms with Crippen LogP contribution in [0.3, 0.4) is 0 Å². The molecule has 2 heterocycles. The van der Waals surface area contributed by atoms with Gasteiger partial charge in [-0.1, -0.05) is 0 Å². The number of rotatable bonds is 4. The topological polar surface area (TPSA) is 67.2 Å². The molecule has 20 heavy (non-hydrogen) atoms. The lowest BCUT2D eigenvalue weighted by Gasteiger charge is -2.09. The molecule has 0 aliphatic rings. The molecule has 0 spiro atoms. The molecule has 1 amide bonds. The van der Waals surface area contributed by atoms with Gasteiger partial charge in [-0.25, -0.2) is 4.98 Å². The van der Waals surface area contributed by atoms with Crippen molar-refractivity contribution >= 4 is 16.9 Å². The van der Waals surface area contributed by atoms with Gasteiger partial charge in [0.25, 0.3) is 0 Å². The first-order valence-corrected chi connectivity index (χ1v) is 5.78. The number of carbonyl (C=O) groups excluding carboxylic acids is 1. The summed E-state index contributed by atoms with van der Waals surface area (Å²) in [5, 5.41) is 11.7. The van der Waals surface area contributed by atoms with Crippen molar-refractivity contribution < 1.29 is 23.1 Å². The molecule has 0 saturated carbocycles. The fourth-order valence-corrected chi connectivity index (χ4v) is 1.85. The normalized spacial score (nSPS) is 11.8. The quantitative estimate of drug-likeness (QED) is 0.888. The Morgan fingerprint density at radius 1 is 1.45 bits per heavy atom. The summed E-state index contributed by atoms with van der Waals surface area (Å²) in [6, 6.07) is 3.40. The van der Waals surface area contributed by atoms with Gasteiger partial charge in [0, 0.05) is 23.3 Å². The molecule has 0 fully saturated rings. The van der Waals surface area contributed by atoms with E-state index in [4.69, 9.17) is 0 Å². The number of amides is 1. The third kappa shape index (κ3) is 3.27. The van der Waals surface area contributed by atoms with Crippen LogP contribution in [-0.4, -0.2) is 33.3 Å². The first-order valence-electron chi connectivity index (χ1n) is 5.78. The van der Waals surface area contributed by atoms with Gasteiger partial charge in [0.2, 0.25) is 5.91 Å². The van der Waals surface area contributed by atoms with Crippen LogP contribution in [0.1, 0.15) is 5.56 Å². The van der Waals surface area contributed by atoms with Crippen molar-refractivity contribution in [2.75, 3.05) is 6.54 Å². The van der Waals surface area contributed by atoms with Crippen LogP contribution in [0, 0.1) is 0 Å². The van der Waals surface area contributed by atoms with Gasteiger partial charge in [0.15, 0.2) is 0 Å². The van der Waals surface area contributed by atoms with Gasteiger partial charge in [-0.05, 0) is 12.1 Å². The highest BCUT2D eigenvalue weighted by atomic mass is 19.4. The summed E-state index contributed by atoms with van der Waals surface area (Å²) in [4.78, 5) is 15.5. The van der Waals surface area contributed by atoms with E-state index in [1.54, 1.807) is 17.4 Å². The Bertz CT molecular complexity index is 622. The molecule has 0 aliphatic heterocycles. The minimum absolute atomic E-state index is 0.237. The maximum Gasteiger partial charge on any atom is 0.405 e. The van der Waals surface area contributed by atoms with Crippen molar-refractivity contribution in [3.05, 3.63) is 30.1 Å².